The summed E-state index contributed by atoms with van der Waals surface area (Å²) >= 11 is 1.24. The molecule has 174 valence electrons. The quantitative estimate of drug-likeness (QED) is 0.220. The molecule has 0 radical (unpaired) electrons. The standard InChI is InChI=1S/C24H25FN8S/c25-19-5-1-2-6-20(19)34-31-12-16-7-9-17(10-8-16)22(27)21-23(28)29-15-30-24(21)32-18-4-3-11-33(13-18)14-26/h1-2,5-10,15,18,27,31H,3-4,11-13H2,(H3,28,29,30,32). The van der Waals surface area contributed by atoms with Crippen molar-refractivity contribution in [3.8, 4) is 6.19 Å². The third-order valence-corrected chi connectivity index (χ3v) is 6.41. The van der Waals surface area contributed by atoms with Gasteiger partial charge in [0.1, 0.15) is 23.8 Å². The molecule has 10 heteroatoms. The molecule has 1 saturated heterocycles. The van der Waals surface area contributed by atoms with Crippen LogP contribution in [0.2, 0.25) is 0 Å². The summed E-state index contributed by atoms with van der Waals surface area (Å²) < 4.78 is 16.9. The van der Waals surface area contributed by atoms with Crippen LogP contribution < -0.4 is 15.8 Å². The monoisotopic (exact) mass is 476 g/mol. The van der Waals surface area contributed by atoms with Crippen molar-refractivity contribution in [1.82, 2.24) is 19.6 Å². The Hall–Kier alpha value is -3.68. The molecule has 1 aromatic heterocycles. The number of nitriles is 1. The molecular formula is C24H25FN8S. The van der Waals surface area contributed by atoms with E-state index in [0.29, 0.717) is 34.9 Å². The van der Waals surface area contributed by atoms with E-state index in [2.05, 4.69) is 26.2 Å². The minimum Gasteiger partial charge on any atom is -0.383 e. The first-order valence-corrected chi connectivity index (χ1v) is 11.7. The van der Waals surface area contributed by atoms with Crippen molar-refractivity contribution < 1.29 is 4.39 Å². The third kappa shape index (κ3) is 5.62. The molecule has 1 fully saturated rings. The highest BCUT2D eigenvalue weighted by Crippen LogP contribution is 2.24. The van der Waals surface area contributed by atoms with Gasteiger partial charge in [-0.3, -0.25) is 10.1 Å². The Morgan fingerprint density at radius 1 is 1.24 bits per heavy atom. The zero-order chi connectivity index (χ0) is 23.9. The Balaban J connectivity index is 1.43. The molecule has 1 aliphatic heterocycles. The average molecular weight is 477 g/mol. The van der Waals surface area contributed by atoms with E-state index in [0.717, 1.165) is 24.9 Å². The fourth-order valence-electron chi connectivity index (χ4n) is 3.79. The van der Waals surface area contributed by atoms with Gasteiger partial charge >= 0.3 is 0 Å². The minimum atomic E-state index is -0.260. The molecule has 34 heavy (non-hydrogen) atoms. The summed E-state index contributed by atoms with van der Waals surface area (Å²) in [6, 6.07) is 14.2. The second kappa shape index (κ2) is 11.0. The second-order valence-corrected chi connectivity index (χ2v) is 8.87. The van der Waals surface area contributed by atoms with Gasteiger partial charge in [-0.15, -0.1) is 0 Å². The van der Waals surface area contributed by atoms with E-state index in [9.17, 15) is 9.65 Å². The highest BCUT2D eigenvalue weighted by atomic mass is 32.2. The van der Waals surface area contributed by atoms with E-state index in [1.807, 2.05) is 24.3 Å². The molecule has 2 aromatic carbocycles. The number of halogens is 1. The van der Waals surface area contributed by atoms with Gasteiger partial charge in [-0.05, 0) is 42.5 Å². The average Bonchev–Trinajstić information content (AvgIpc) is 2.85. The molecule has 5 N–H and O–H groups in total. The van der Waals surface area contributed by atoms with E-state index in [1.54, 1.807) is 23.1 Å². The molecule has 4 rings (SSSR count). The Bertz CT molecular complexity index is 1190. The Kier molecular flexibility index (Phi) is 7.57. The van der Waals surface area contributed by atoms with Crippen LogP contribution in [0.1, 0.15) is 29.5 Å². The van der Waals surface area contributed by atoms with E-state index in [-0.39, 0.29) is 23.4 Å². The highest BCUT2D eigenvalue weighted by Gasteiger charge is 2.23. The zero-order valence-electron chi connectivity index (χ0n) is 18.5. The summed E-state index contributed by atoms with van der Waals surface area (Å²) in [5.74, 6) is 0.459. The van der Waals surface area contributed by atoms with Gasteiger partial charge in [-0.1, -0.05) is 36.4 Å². The van der Waals surface area contributed by atoms with Crippen LogP contribution in [0.4, 0.5) is 16.0 Å². The SMILES string of the molecule is N#CN1CCCC(Nc2ncnc(N)c2C(=N)c2ccc(CNSc3ccccc3F)cc2)C1. The van der Waals surface area contributed by atoms with Gasteiger partial charge in [0, 0.05) is 31.2 Å². The molecule has 8 nitrogen and oxygen atoms in total. The van der Waals surface area contributed by atoms with E-state index >= 15 is 0 Å². The van der Waals surface area contributed by atoms with Crippen LogP contribution in [-0.2, 0) is 6.54 Å². The minimum absolute atomic E-state index is 0.0367. The second-order valence-electron chi connectivity index (χ2n) is 7.94. The van der Waals surface area contributed by atoms with Crippen LogP contribution in [-0.4, -0.2) is 39.7 Å². The molecule has 0 spiro atoms. The van der Waals surface area contributed by atoms with E-state index < -0.39 is 0 Å². The van der Waals surface area contributed by atoms with Crippen molar-refractivity contribution in [1.29, 1.82) is 10.7 Å². The number of anilines is 2. The number of piperidine rings is 1. The van der Waals surface area contributed by atoms with Crippen molar-refractivity contribution in [2.75, 3.05) is 24.1 Å². The predicted molar refractivity (Wildman–Crippen MR) is 132 cm³/mol. The summed E-state index contributed by atoms with van der Waals surface area (Å²) in [6.07, 6.45) is 5.38. The number of nitrogens with two attached hydrogens (primary N) is 1. The molecule has 3 aromatic rings. The first-order valence-electron chi connectivity index (χ1n) is 10.9. The summed E-state index contributed by atoms with van der Waals surface area (Å²) in [5, 5.41) is 21.3. The molecule has 1 atom stereocenters. The fourth-order valence-corrected chi connectivity index (χ4v) is 4.50. The molecule has 1 aliphatic rings. The number of rotatable bonds is 8. The number of hydrogen-bond acceptors (Lipinski definition) is 9. The molecule has 2 heterocycles. The molecular weight excluding hydrogens is 451 g/mol. The van der Waals surface area contributed by atoms with Crippen LogP contribution in [0.25, 0.3) is 0 Å². The van der Waals surface area contributed by atoms with E-state index in [1.165, 1.54) is 24.3 Å². The van der Waals surface area contributed by atoms with Crippen LogP contribution in [0.15, 0.2) is 59.8 Å². The number of benzene rings is 2. The summed E-state index contributed by atoms with van der Waals surface area (Å²) in [6.45, 7) is 1.87. The van der Waals surface area contributed by atoms with Crippen LogP contribution in [0.5, 0.6) is 0 Å². The largest absolute Gasteiger partial charge is 0.383 e. The highest BCUT2D eigenvalue weighted by molar-refractivity contribution is 7.97. The van der Waals surface area contributed by atoms with Gasteiger partial charge in [-0.2, -0.15) is 5.26 Å². The van der Waals surface area contributed by atoms with Crippen molar-refractivity contribution in [3.05, 3.63) is 77.4 Å². The maximum Gasteiger partial charge on any atom is 0.179 e. The normalized spacial score (nSPS) is 15.5. The van der Waals surface area contributed by atoms with Crippen LogP contribution in [0.3, 0.4) is 0 Å². The van der Waals surface area contributed by atoms with Gasteiger partial charge in [0.2, 0.25) is 0 Å². The third-order valence-electron chi connectivity index (χ3n) is 5.57. The lowest BCUT2D eigenvalue weighted by Crippen LogP contribution is -2.40. The first kappa shape index (κ1) is 23.5. The van der Waals surface area contributed by atoms with Crippen LogP contribution >= 0.6 is 11.9 Å². The Labute approximate surface area is 202 Å². The molecule has 0 amide bonds. The number of nitrogens with zero attached hydrogens (tertiary/aromatic N) is 4. The van der Waals surface area contributed by atoms with Gasteiger partial charge in [0.25, 0.3) is 0 Å². The number of aromatic nitrogens is 2. The Morgan fingerprint density at radius 3 is 2.79 bits per heavy atom. The fraction of sp³-hybridized carbons (Fsp3) is 0.250. The lowest BCUT2D eigenvalue weighted by Gasteiger charge is -2.30. The summed E-state index contributed by atoms with van der Waals surface area (Å²) in [7, 11) is 0. The van der Waals surface area contributed by atoms with Gasteiger partial charge in [-0.25, -0.2) is 14.4 Å². The summed E-state index contributed by atoms with van der Waals surface area (Å²) in [5.41, 5.74) is 8.48. The first-order chi connectivity index (χ1) is 16.5. The van der Waals surface area contributed by atoms with Gasteiger partial charge in [0.05, 0.1) is 16.2 Å². The number of hydrogen-bond donors (Lipinski definition) is 4. The lowest BCUT2D eigenvalue weighted by molar-refractivity contribution is 0.302. The molecule has 0 bridgehead atoms. The van der Waals surface area contributed by atoms with E-state index in [4.69, 9.17) is 11.1 Å². The van der Waals surface area contributed by atoms with Crippen molar-refractivity contribution in [2.24, 2.45) is 0 Å². The zero-order valence-corrected chi connectivity index (χ0v) is 19.3. The lowest BCUT2D eigenvalue weighted by atomic mass is 10.0. The smallest absolute Gasteiger partial charge is 0.179 e. The molecule has 1 unspecified atom stereocenters. The maximum atomic E-state index is 13.7. The van der Waals surface area contributed by atoms with Crippen molar-refractivity contribution >= 4 is 29.3 Å². The van der Waals surface area contributed by atoms with Crippen molar-refractivity contribution in [2.45, 2.75) is 30.3 Å². The number of nitrogen functional groups attached to an aromatic ring is 1. The number of nitrogens with one attached hydrogen (secondary N) is 3. The number of likely N-dealkylation sites (tertiary alicyclic amines) is 1. The molecule has 0 aliphatic carbocycles. The summed E-state index contributed by atoms with van der Waals surface area (Å²) in [4.78, 5) is 10.7. The van der Waals surface area contributed by atoms with Crippen molar-refractivity contribution in [3.63, 3.8) is 0 Å². The molecule has 0 saturated carbocycles. The van der Waals surface area contributed by atoms with Gasteiger partial charge in [0.15, 0.2) is 6.19 Å². The van der Waals surface area contributed by atoms with Gasteiger partial charge < -0.3 is 16.0 Å². The van der Waals surface area contributed by atoms with Crippen LogP contribution in [0, 0.1) is 22.7 Å². The topological polar surface area (TPSA) is 127 Å². The predicted octanol–water partition coefficient (Wildman–Crippen LogP) is 3.77. The Morgan fingerprint density at radius 2 is 2.03 bits per heavy atom. The maximum absolute atomic E-state index is 13.7.